The van der Waals surface area contributed by atoms with E-state index in [2.05, 4.69) is 71.9 Å². The van der Waals surface area contributed by atoms with Crippen molar-refractivity contribution in [3.05, 3.63) is 76.9 Å². The Morgan fingerprint density at radius 1 is 0.714 bits per heavy atom. The van der Waals surface area contributed by atoms with Gasteiger partial charge in [-0.15, -0.1) is 0 Å². The van der Waals surface area contributed by atoms with Crippen LogP contribution in [0, 0.1) is 6.07 Å². The molecule has 0 heterocycles. The summed E-state index contributed by atoms with van der Waals surface area (Å²) in [5.74, 6) is 3.50. The second-order valence-electron chi connectivity index (χ2n) is 14.6. The van der Waals surface area contributed by atoms with E-state index >= 15 is 0 Å². The molecule has 0 aliphatic heterocycles. The zero-order chi connectivity index (χ0) is 33.9. The van der Waals surface area contributed by atoms with Crippen LogP contribution in [0.4, 0.5) is 0 Å². The Labute approximate surface area is 321 Å². The predicted molar refractivity (Wildman–Crippen MR) is 206 cm³/mol. The first-order valence-electron chi connectivity index (χ1n) is 18.6. The number of nitrogens with two attached hydrogens (primary N) is 1. The van der Waals surface area contributed by atoms with Crippen molar-refractivity contribution >= 4 is 13.2 Å². The summed E-state index contributed by atoms with van der Waals surface area (Å²) in [6.45, 7) is 14.8. The summed E-state index contributed by atoms with van der Waals surface area (Å²) in [6.07, 6.45) is 14.8. The number of hydrogen-bond acceptors (Lipinski definition) is 3. The molecule has 0 saturated heterocycles. The molecule has 2 aliphatic carbocycles. The summed E-state index contributed by atoms with van der Waals surface area (Å²) in [5.41, 5.74) is 15.3. The number of rotatable bonds is 11. The van der Waals surface area contributed by atoms with Crippen LogP contribution in [-0.2, 0) is 26.8 Å². The largest absolute Gasteiger partial charge is 1.00 e. The molecule has 0 unspecified atom stereocenters. The van der Waals surface area contributed by atoms with E-state index in [1.165, 1.54) is 103 Å². The molecule has 0 spiro atoms. The molecule has 49 heavy (non-hydrogen) atoms. The molecule has 3 aromatic rings. The maximum absolute atomic E-state index is 6.29. The molecule has 0 amide bonds. The third kappa shape index (κ3) is 11.3. The Bertz CT molecular complexity index is 1340. The van der Waals surface area contributed by atoms with Gasteiger partial charge in [-0.1, -0.05) is 124 Å². The molecule has 3 nitrogen and oxygen atoms in total. The fourth-order valence-electron chi connectivity index (χ4n) is 7.75. The topological polar surface area (TPSA) is 44.5 Å². The van der Waals surface area contributed by atoms with E-state index in [9.17, 15) is 0 Å². The molecule has 2 saturated carbocycles. The number of ether oxygens (including phenoxy) is 2. The van der Waals surface area contributed by atoms with Gasteiger partial charge in [0.1, 0.15) is 11.5 Å². The van der Waals surface area contributed by atoms with Crippen molar-refractivity contribution in [2.45, 2.75) is 141 Å². The van der Waals surface area contributed by atoms with E-state index in [0.717, 1.165) is 29.2 Å². The van der Waals surface area contributed by atoms with Gasteiger partial charge in [-0.2, -0.15) is 0 Å². The summed E-state index contributed by atoms with van der Waals surface area (Å²) >= 11 is 0. The van der Waals surface area contributed by atoms with Crippen LogP contribution in [0.2, 0.25) is 0 Å². The second kappa shape index (κ2) is 21.8. The SMILES string of the molecule is COc1ccc(OC)c(P(C2CCCCC2)C2CCCCC2)c1-c1c(C(C)C)cc(C(C)C)cc1C(C)C.NCCc1[c]cccc1.[Cl-].[Pd]. The first-order chi connectivity index (χ1) is 22.7. The van der Waals surface area contributed by atoms with Gasteiger partial charge in [0.2, 0.25) is 0 Å². The minimum atomic E-state index is -0.373. The maximum atomic E-state index is 6.29. The van der Waals surface area contributed by atoms with E-state index in [1.54, 1.807) is 0 Å². The average Bonchev–Trinajstić information content (AvgIpc) is 3.09. The molecular weight excluding hydrogens is 735 g/mol. The van der Waals surface area contributed by atoms with Gasteiger partial charge in [0.05, 0.1) is 14.2 Å². The number of halogens is 1. The van der Waals surface area contributed by atoms with Gasteiger partial charge in [-0.3, -0.25) is 0 Å². The van der Waals surface area contributed by atoms with Gasteiger partial charge in [0, 0.05) is 31.3 Å². The molecule has 2 aliphatic rings. The quantitative estimate of drug-likeness (QED) is 0.157. The third-order valence-electron chi connectivity index (χ3n) is 10.3. The molecule has 0 bridgehead atoms. The van der Waals surface area contributed by atoms with Gasteiger partial charge in [-0.25, -0.2) is 0 Å². The Morgan fingerprint density at radius 2 is 1.22 bits per heavy atom. The fraction of sp³-hybridized carbons (Fsp3) is 0.581. The molecule has 1 radical (unpaired) electrons. The Hall–Kier alpha value is -1.40. The molecule has 6 heteroatoms. The number of benzene rings is 3. The second-order valence-corrected chi connectivity index (χ2v) is 17.4. The first kappa shape index (κ1) is 43.8. The van der Waals surface area contributed by atoms with Gasteiger partial charge in [0.25, 0.3) is 0 Å². The summed E-state index contributed by atoms with van der Waals surface area (Å²) in [5, 5.41) is 1.52. The van der Waals surface area contributed by atoms with Crippen molar-refractivity contribution in [2.75, 3.05) is 20.8 Å². The van der Waals surface area contributed by atoms with E-state index in [0.29, 0.717) is 24.3 Å². The van der Waals surface area contributed by atoms with Crippen LogP contribution in [0.25, 0.3) is 11.1 Å². The minimum Gasteiger partial charge on any atom is -1.00 e. The van der Waals surface area contributed by atoms with Gasteiger partial charge in [0.15, 0.2) is 0 Å². The molecule has 275 valence electrons. The maximum Gasteiger partial charge on any atom is 0.127 e. The van der Waals surface area contributed by atoms with Gasteiger partial charge >= 0.3 is 0 Å². The van der Waals surface area contributed by atoms with Gasteiger partial charge < -0.3 is 27.6 Å². The first-order valence-corrected chi connectivity index (χ1v) is 20.1. The smallest absolute Gasteiger partial charge is 0.127 e. The van der Waals surface area contributed by atoms with Crippen molar-refractivity contribution in [3.8, 4) is 22.6 Å². The molecule has 0 atom stereocenters. The summed E-state index contributed by atoms with van der Waals surface area (Å²) in [7, 11) is 3.38. The van der Waals surface area contributed by atoms with Crippen molar-refractivity contribution < 1.29 is 42.3 Å². The van der Waals surface area contributed by atoms with E-state index in [4.69, 9.17) is 15.2 Å². The Balaban J connectivity index is 0.000000659. The summed E-state index contributed by atoms with van der Waals surface area (Å²) in [6, 6.07) is 20.4. The van der Waals surface area contributed by atoms with E-state index in [-0.39, 0.29) is 40.8 Å². The van der Waals surface area contributed by atoms with Crippen LogP contribution in [0.15, 0.2) is 48.5 Å². The van der Waals surface area contributed by atoms with E-state index in [1.807, 2.05) is 38.5 Å². The molecule has 0 aromatic heterocycles. The Kier molecular flexibility index (Phi) is 19.5. The average molecular weight is 799 g/mol. The van der Waals surface area contributed by atoms with Crippen molar-refractivity contribution in [1.29, 1.82) is 0 Å². The standard InChI is InChI=1S/C35H53O2P.C8H10N.ClH.Pd/c1-23(2)26-21-29(24(3)4)33(30(22-26)25(5)6)34-31(36-7)19-20-32(37-8)35(34)38(27-15-11-9-12-16-27)28-17-13-10-14-18-28;9-7-6-8-4-2-1-3-5-8;;/h19-25,27-28H,9-18H2,1-8H3;1-4H,6-7,9H2;1H;/p-1. The summed E-state index contributed by atoms with van der Waals surface area (Å²) in [4.78, 5) is 0. The third-order valence-corrected chi connectivity index (χ3v) is 13.9. The summed E-state index contributed by atoms with van der Waals surface area (Å²) < 4.78 is 12.6. The van der Waals surface area contributed by atoms with Crippen LogP contribution < -0.4 is 32.9 Å². The van der Waals surface area contributed by atoms with Crippen molar-refractivity contribution in [3.63, 3.8) is 0 Å². The van der Waals surface area contributed by atoms with Crippen LogP contribution in [0.5, 0.6) is 11.5 Å². The van der Waals surface area contributed by atoms with Crippen LogP contribution in [-0.4, -0.2) is 32.1 Å². The minimum absolute atomic E-state index is 0. The van der Waals surface area contributed by atoms with Crippen molar-refractivity contribution in [2.24, 2.45) is 5.73 Å². The van der Waals surface area contributed by atoms with E-state index < -0.39 is 0 Å². The van der Waals surface area contributed by atoms with Gasteiger partial charge in [-0.05, 0) is 114 Å². The zero-order valence-corrected chi connectivity index (χ0v) is 34.7. The molecule has 3 aromatic carbocycles. The van der Waals surface area contributed by atoms with Crippen LogP contribution in [0.3, 0.4) is 0 Å². The zero-order valence-electron chi connectivity index (χ0n) is 31.5. The van der Waals surface area contributed by atoms with Crippen molar-refractivity contribution in [1.82, 2.24) is 0 Å². The number of hydrogen-bond donors (Lipinski definition) is 1. The predicted octanol–water partition coefficient (Wildman–Crippen LogP) is 8.50. The molecule has 2 N–H and O–H groups in total. The monoisotopic (exact) mass is 797 g/mol. The van der Waals surface area contributed by atoms with Crippen LogP contribution in [0.1, 0.15) is 146 Å². The normalized spacial score (nSPS) is 15.4. The molecular formula is C43H63ClNO2PPd-. The van der Waals surface area contributed by atoms with Crippen LogP contribution >= 0.6 is 7.92 Å². The number of methoxy groups -OCH3 is 2. The molecule has 2 fully saturated rings. The Morgan fingerprint density at radius 3 is 1.63 bits per heavy atom. The molecule has 5 rings (SSSR count). The fourth-order valence-corrected chi connectivity index (χ4v) is 11.8.